The fourth-order valence-corrected chi connectivity index (χ4v) is 3.17. The second-order valence-corrected chi connectivity index (χ2v) is 6.75. The number of nitrogens with zero attached hydrogens (tertiary/aromatic N) is 2. The van der Waals surface area contributed by atoms with Crippen molar-refractivity contribution in [2.75, 3.05) is 13.1 Å². The van der Waals surface area contributed by atoms with Gasteiger partial charge in [0.1, 0.15) is 10.0 Å². The molecule has 0 aliphatic rings. The highest BCUT2D eigenvalue weighted by Gasteiger charge is 2.09. The molecule has 102 valence electrons. The van der Waals surface area contributed by atoms with Crippen molar-refractivity contribution in [3.8, 4) is 10.6 Å². The molecule has 0 radical (unpaired) electrons. The Hall–Kier alpha value is -0.780. The van der Waals surface area contributed by atoms with Crippen LogP contribution in [-0.2, 0) is 6.42 Å². The molecule has 1 heterocycles. The largest absolute Gasteiger partial charge is 0.316 e. The second kappa shape index (κ2) is 7.12. The number of hydrogen-bond donors (Lipinski definition) is 1. The van der Waals surface area contributed by atoms with Gasteiger partial charge in [0.15, 0.2) is 0 Å². The molecule has 0 saturated heterocycles. The summed E-state index contributed by atoms with van der Waals surface area (Å²) in [6.45, 7) is 6.44. The normalized spacial score (nSPS) is 11.2. The average Bonchev–Trinajstić information content (AvgIpc) is 2.83. The Balaban J connectivity index is 1.94. The summed E-state index contributed by atoms with van der Waals surface area (Å²) in [7, 11) is 0. The molecule has 0 spiro atoms. The highest BCUT2D eigenvalue weighted by atomic mass is 79.9. The van der Waals surface area contributed by atoms with Gasteiger partial charge < -0.3 is 5.32 Å². The van der Waals surface area contributed by atoms with Gasteiger partial charge in [-0.15, -0.1) is 10.2 Å². The van der Waals surface area contributed by atoms with Crippen molar-refractivity contribution in [3.05, 3.63) is 33.7 Å². The molecule has 5 heteroatoms. The van der Waals surface area contributed by atoms with Crippen LogP contribution < -0.4 is 5.32 Å². The van der Waals surface area contributed by atoms with E-state index in [2.05, 4.69) is 51.4 Å². The SMILES string of the molecule is CC(C)CNCCc1nnc(-c2ccccc2Br)s1. The molecule has 3 nitrogen and oxygen atoms in total. The first kappa shape index (κ1) is 14.6. The Morgan fingerprint density at radius 3 is 2.79 bits per heavy atom. The lowest BCUT2D eigenvalue weighted by atomic mass is 10.2. The number of nitrogens with one attached hydrogen (secondary N) is 1. The minimum atomic E-state index is 0.685. The first-order valence-corrected chi connectivity index (χ1v) is 8.05. The zero-order chi connectivity index (χ0) is 13.7. The van der Waals surface area contributed by atoms with E-state index in [-0.39, 0.29) is 0 Å². The van der Waals surface area contributed by atoms with Crippen molar-refractivity contribution < 1.29 is 0 Å². The van der Waals surface area contributed by atoms with E-state index in [0.717, 1.165) is 39.6 Å². The van der Waals surface area contributed by atoms with Crippen LogP contribution in [0, 0.1) is 5.92 Å². The molecule has 0 atom stereocenters. The molecule has 0 saturated carbocycles. The lowest BCUT2D eigenvalue weighted by molar-refractivity contribution is 0.553. The van der Waals surface area contributed by atoms with Crippen LogP contribution in [0.4, 0.5) is 0 Å². The summed E-state index contributed by atoms with van der Waals surface area (Å²) in [5, 5.41) is 14.0. The number of rotatable bonds is 6. The van der Waals surface area contributed by atoms with Crippen molar-refractivity contribution in [3.63, 3.8) is 0 Å². The van der Waals surface area contributed by atoms with Gasteiger partial charge in [-0.3, -0.25) is 0 Å². The summed E-state index contributed by atoms with van der Waals surface area (Å²) in [6.07, 6.45) is 0.939. The molecule has 0 unspecified atom stereocenters. The smallest absolute Gasteiger partial charge is 0.148 e. The highest BCUT2D eigenvalue weighted by molar-refractivity contribution is 9.10. The van der Waals surface area contributed by atoms with Crippen LogP contribution in [0.5, 0.6) is 0 Å². The molecule has 0 bridgehead atoms. The van der Waals surface area contributed by atoms with E-state index in [4.69, 9.17) is 0 Å². The molecule has 19 heavy (non-hydrogen) atoms. The third-order valence-corrected chi connectivity index (χ3v) is 4.35. The molecular weight excluding hydrogens is 322 g/mol. The van der Waals surface area contributed by atoms with Gasteiger partial charge in [-0.05, 0) is 18.5 Å². The third-order valence-electron chi connectivity index (χ3n) is 2.64. The van der Waals surface area contributed by atoms with E-state index in [0.29, 0.717) is 5.92 Å². The number of hydrogen-bond acceptors (Lipinski definition) is 4. The van der Waals surface area contributed by atoms with Crippen molar-refractivity contribution >= 4 is 27.3 Å². The Morgan fingerprint density at radius 1 is 1.26 bits per heavy atom. The Bertz CT molecular complexity index is 525. The minimum absolute atomic E-state index is 0.685. The number of aromatic nitrogens is 2. The average molecular weight is 340 g/mol. The lowest BCUT2D eigenvalue weighted by Crippen LogP contribution is -2.22. The van der Waals surface area contributed by atoms with Crippen molar-refractivity contribution in [2.24, 2.45) is 5.92 Å². The summed E-state index contributed by atoms with van der Waals surface area (Å²) in [5.74, 6) is 0.685. The van der Waals surface area contributed by atoms with Gasteiger partial charge in [0.05, 0.1) is 0 Å². The maximum absolute atomic E-state index is 4.27. The quantitative estimate of drug-likeness (QED) is 0.814. The van der Waals surface area contributed by atoms with E-state index >= 15 is 0 Å². The van der Waals surface area contributed by atoms with E-state index < -0.39 is 0 Å². The monoisotopic (exact) mass is 339 g/mol. The van der Waals surface area contributed by atoms with Crippen molar-refractivity contribution in [2.45, 2.75) is 20.3 Å². The number of halogens is 1. The zero-order valence-corrected chi connectivity index (χ0v) is 13.6. The van der Waals surface area contributed by atoms with Gasteiger partial charge in [-0.2, -0.15) is 0 Å². The van der Waals surface area contributed by atoms with Gasteiger partial charge >= 0.3 is 0 Å². The summed E-state index contributed by atoms with van der Waals surface area (Å²) < 4.78 is 1.07. The van der Waals surface area contributed by atoms with Crippen LogP contribution in [0.1, 0.15) is 18.9 Å². The zero-order valence-electron chi connectivity index (χ0n) is 11.2. The van der Waals surface area contributed by atoms with Gasteiger partial charge in [-0.25, -0.2) is 0 Å². The topological polar surface area (TPSA) is 37.8 Å². The minimum Gasteiger partial charge on any atom is -0.316 e. The summed E-state index contributed by atoms with van der Waals surface area (Å²) in [5.41, 5.74) is 1.11. The molecule has 1 N–H and O–H groups in total. The first-order valence-electron chi connectivity index (χ1n) is 6.45. The van der Waals surface area contributed by atoms with Crippen LogP contribution in [-0.4, -0.2) is 23.3 Å². The summed E-state index contributed by atoms with van der Waals surface area (Å²) in [6, 6.07) is 8.11. The molecular formula is C14H18BrN3S. The maximum atomic E-state index is 4.27. The second-order valence-electron chi connectivity index (χ2n) is 4.83. The van der Waals surface area contributed by atoms with E-state index in [1.807, 2.05) is 18.2 Å². The van der Waals surface area contributed by atoms with Gasteiger partial charge in [0.2, 0.25) is 0 Å². The first-order chi connectivity index (χ1) is 9.16. The fourth-order valence-electron chi connectivity index (χ4n) is 1.68. The van der Waals surface area contributed by atoms with Crippen LogP contribution in [0.15, 0.2) is 28.7 Å². The molecule has 0 aliphatic carbocycles. The molecule has 0 amide bonds. The maximum Gasteiger partial charge on any atom is 0.148 e. The molecule has 0 fully saturated rings. The van der Waals surface area contributed by atoms with Gasteiger partial charge in [0.25, 0.3) is 0 Å². The Morgan fingerprint density at radius 2 is 2.05 bits per heavy atom. The third kappa shape index (κ3) is 4.37. The van der Waals surface area contributed by atoms with E-state index in [1.54, 1.807) is 11.3 Å². The molecule has 2 aromatic rings. The predicted octanol–water partition coefficient (Wildman–Crippen LogP) is 3.76. The Labute approximate surface area is 126 Å². The van der Waals surface area contributed by atoms with Gasteiger partial charge in [-0.1, -0.05) is 59.3 Å². The Kier molecular flexibility index (Phi) is 5.48. The molecule has 2 rings (SSSR count). The molecule has 1 aromatic carbocycles. The fraction of sp³-hybridized carbons (Fsp3) is 0.429. The number of benzene rings is 1. The van der Waals surface area contributed by atoms with E-state index in [9.17, 15) is 0 Å². The standard InChI is InChI=1S/C14H18BrN3S/c1-10(2)9-16-8-7-13-17-18-14(19-13)11-5-3-4-6-12(11)15/h3-6,10,16H,7-9H2,1-2H3. The summed E-state index contributed by atoms with van der Waals surface area (Å²) >= 11 is 5.22. The van der Waals surface area contributed by atoms with Gasteiger partial charge in [0, 0.05) is 23.0 Å². The van der Waals surface area contributed by atoms with Crippen LogP contribution in [0.25, 0.3) is 10.6 Å². The van der Waals surface area contributed by atoms with Crippen LogP contribution in [0.2, 0.25) is 0 Å². The predicted molar refractivity (Wildman–Crippen MR) is 84.5 cm³/mol. The highest BCUT2D eigenvalue weighted by Crippen LogP contribution is 2.30. The van der Waals surface area contributed by atoms with Crippen LogP contribution >= 0.6 is 27.3 Å². The van der Waals surface area contributed by atoms with Crippen molar-refractivity contribution in [1.82, 2.24) is 15.5 Å². The summed E-state index contributed by atoms with van der Waals surface area (Å²) in [4.78, 5) is 0. The molecule has 1 aromatic heterocycles. The lowest BCUT2D eigenvalue weighted by Gasteiger charge is -2.05. The molecule has 0 aliphatic heterocycles. The van der Waals surface area contributed by atoms with E-state index in [1.165, 1.54) is 0 Å². The van der Waals surface area contributed by atoms with Crippen molar-refractivity contribution in [1.29, 1.82) is 0 Å². The van der Waals surface area contributed by atoms with Crippen LogP contribution in [0.3, 0.4) is 0 Å².